The predicted octanol–water partition coefficient (Wildman–Crippen LogP) is 3.62. The Labute approximate surface area is 210 Å². The molecule has 2 amide bonds. The average molecular weight is 493 g/mol. The van der Waals surface area contributed by atoms with Crippen molar-refractivity contribution in [2.75, 3.05) is 44.2 Å². The van der Waals surface area contributed by atoms with Gasteiger partial charge in [-0.05, 0) is 44.4 Å². The van der Waals surface area contributed by atoms with E-state index in [9.17, 15) is 24.5 Å². The van der Waals surface area contributed by atoms with Gasteiger partial charge in [0, 0.05) is 69.3 Å². The van der Waals surface area contributed by atoms with Gasteiger partial charge in [-0.1, -0.05) is 23.8 Å². The van der Waals surface area contributed by atoms with Gasteiger partial charge in [-0.2, -0.15) is 0 Å². The molecule has 2 heterocycles. The number of ketones is 1. The van der Waals surface area contributed by atoms with Gasteiger partial charge in [0.25, 0.3) is 11.6 Å². The van der Waals surface area contributed by atoms with Crippen molar-refractivity contribution in [1.82, 2.24) is 9.80 Å². The smallest absolute Gasteiger partial charge is 0.293 e. The zero-order valence-electron chi connectivity index (χ0n) is 21.0. The number of nitro benzene ring substituents is 1. The van der Waals surface area contributed by atoms with Crippen LogP contribution in [0.15, 0.2) is 36.4 Å². The van der Waals surface area contributed by atoms with E-state index >= 15 is 0 Å². The van der Waals surface area contributed by atoms with Gasteiger partial charge in [0.2, 0.25) is 5.91 Å². The third-order valence-electron chi connectivity index (χ3n) is 7.29. The van der Waals surface area contributed by atoms with Crippen molar-refractivity contribution in [3.05, 3.63) is 68.8 Å². The van der Waals surface area contributed by atoms with Crippen molar-refractivity contribution in [1.29, 1.82) is 0 Å². The molecule has 2 aromatic rings. The Hall–Kier alpha value is -3.75. The molecule has 2 fully saturated rings. The van der Waals surface area contributed by atoms with Crippen LogP contribution in [0.25, 0.3) is 0 Å². The number of carbonyl (C=O) groups is 3. The highest BCUT2D eigenvalue weighted by Crippen LogP contribution is 2.31. The van der Waals surface area contributed by atoms with Crippen LogP contribution in [0.5, 0.6) is 0 Å². The third kappa shape index (κ3) is 5.24. The molecule has 190 valence electrons. The molecule has 0 saturated carbocycles. The SMILES string of the molecule is CC(=O)N1CCN(c2ccc(C(=O)N3CCC(C(=O)c4ccc(C)cc4C)CC3)cc2[N+](=O)[O-])CC1. The minimum Gasteiger partial charge on any atom is -0.362 e. The van der Waals surface area contributed by atoms with Crippen LogP contribution in [0.4, 0.5) is 11.4 Å². The van der Waals surface area contributed by atoms with Gasteiger partial charge in [-0.15, -0.1) is 0 Å². The van der Waals surface area contributed by atoms with Crippen LogP contribution in [0.1, 0.15) is 51.6 Å². The third-order valence-corrected chi connectivity index (χ3v) is 7.29. The number of aryl methyl sites for hydroxylation is 2. The van der Waals surface area contributed by atoms with E-state index < -0.39 is 4.92 Å². The van der Waals surface area contributed by atoms with Crippen LogP contribution in [0.2, 0.25) is 0 Å². The maximum Gasteiger partial charge on any atom is 0.293 e. The summed E-state index contributed by atoms with van der Waals surface area (Å²) in [5.74, 6) is -0.293. The van der Waals surface area contributed by atoms with Gasteiger partial charge in [-0.25, -0.2) is 0 Å². The van der Waals surface area contributed by atoms with Crippen LogP contribution in [0, 0.1) is 29.9 Å². The molecule has 4 rings (SSSR count). The number of piperidine rings is 1. The Balaban J connectivity index is 1.43. The van der Waals surface area contributed by atoms with Crippen LogP contribution in [-0.4, -0.2) is 71.6 Å². The molecule has 9 nitrogen and oxygen atoms in total. The summed E-state index contributed by atoms with van der Waals surface area (Å²) in [6, 6.07) is 10.4. The maximum absolute atomic E-state index is 13.2. The summed E-state index contributed by atoms with van der Waals surface area (Å²) in [5.41, 5.74) is 3.43. The molecule has 0 spiro atoms. The molecule has 2 aliphatic rings. The second-order valence-electron chi connectivity index (χ2n) is 9.70. The molecule has 0 unspecified atom stereocenters. The van der Waals surface area contributed by atoms with Gasteiger partial charge in [0.15, 0.2) is 5.78 Å². The number of amides is 2. The molecule has 2 saturated heterocycles. The van der Waals surface area contributed by atoms with E-state index in [1.54, 1.807) is 21.9 Å². The van der Waals surface area contributed by atoms with E-state index in [0.717, 1.165) is 16.7 Å². The zero-order valence-corrected chi connectivity index (χ0v) is 21.0. The van der Waals surface area contributed by atoms with Crippen molar-refractivity contribution < 1.29 is 19.3 Å². The molecule has 0 radical (unpaired) electrons. The minimum absolute atomic E-state index is 0.00966. The predicted molar refractivity (Wildman–Crippen MR) is 136 cm³/mol. The van der Waals surface area contributed by atoms with E-state index in [0.29, 0.717) is 57.8 Å². The summed E-state index contributed by atoms with van der Waals surface area (Å²) in [6.07, 6.45) is 1.14. The van der Waals surface area contributed by atoms with Crippen LogP contribution in [0.3, 0.4) is 0 Å². The quantitative estimate of drug-likeness (QED) is 0.359. The van der Waals surface area contributed by atoms with Gasteiger partial charge < -0.3 is 14.7 Å². The van der Waals surface area contributed by atoms with E-state index in [4.69, 9.17) is 0 Å². The number of rotatable bonds is 5. The Kier molecular flexibility index (Phi) is 7.37. The topological polar surface area (TPSA) is 104 Å². The lowest BCUT2D eigenvalue weighted by Crippen LogP contribution is -2.48. The lowest BCUT2D eigenvalue weighted by molar-refractivity contribution is -0.384. The van der Waals surface area contributed by atoms with E-state index in [1.807, 2.05) is 36.9 Å². The number of hydrogen-bond donors (Lipinski definition) is 0. The molecular weight excluding hydrogens is 460 g/mol. The van der Waals surface area contributed by atoms with Crippen LogP contribution < -0.4 is 4.90 Å². The Morgan fingerprint density at radius 1 is 0.889 bits per heavy atom. The molecule has 0 aromatic heterocycles. The lowest BCUT2D eigenvalue weighted by atomic mass is 9.87. The Morgan fingerprint density at radius 2 is 1.56 bits per heavy atom. The number of anilines is 1. The number of likely N-dealkylation sites (tertiary alicyclic amines) is 1. The Morgan fingerprint density at radius 3 is 2.14 bits per heavy atom. The fourth-order valence-electron chi connectivity index (χ4n) is 5.17. The van der Waals surface area contributed by atoms with Crippen molar-refractivity contribution in [3.63, 3.8) is 0 Å². The van der Waals surface area contributed by atoms with E-state index in [-0.39, 0.29) is 34.8 Å². The summed E-state index contributed by atoms with van der Waals surface area (Å²) in [6.45, 7) is 8.32. The number of nitro groups is 1. The highest BCUT2D eigenvalue weighted by Gasteiger charge is 2.31. The van der Waals surface area contributed by atoms with Crippen molar-refractivity contribution in [2.24, 2.45) is 5.92 Å². The first-order chi connectivity index (χ1) is 17.2. The Bertz CT molecular complexity index is 1190. The van der Waals surface area contributed by atoms with Crippen LogP contribution >= 0.6 is 0 Å². The normalized spacial score (nSPS) is 16.7. The highest BCUT2D eigenvalue weighted by atomic mass is 16.6. The molecule has 0 N–H and O–H groups in total. The molecular formula is C27H32N4O5. The second kappa shape index (κ2) is 10.5. The number of Topliss-reactive ketones (excluding diaryl/α,β-unsaturated/α-hetero) is 1. The number of hydrogen-bond acceptors (Lipinski definition) is 6. The maximum atomic E-state index is 13.2. The summed E-state index contributed by atoms with van der Waals surface area (Å²) in [5, 5.41) is 11.8. The lowest BCUT2D eigenvalue weighted by Gasteiger charge is -2.35. The summed E-state index contributed by atoms with van der Waals surface area (Å²) >= 11 is 0. The molecule has 0 aliphatic carbocycles. The standard InChI is InChI=1S/C27H32N4O5/c1-18-4-6-23(19(2)16-18)26(33)21-8-10-30(11-9-21)27(34)22-5-7-24(25(17-22)31(35)36)29-14-12-28(13-15-29)20(3)32/h4-7,16-17,21H,8-15H2,1-3H3. The first kappa shape index (κ1) is 25.3. The van der Waals surface area contributed by atoms with Crippen molar-refractivity contribution in [3.8, 4) is 0 Å². The van der Waals surface area contributed by atoms with Gasteiger partial charge in [-0.3, -0.25) is 24.5 Å². The van der Waals surface area contributed by atoms with E-state index in [2.05, 4.69) is 0 Å². The number of nitrogens with zero attached hydrogens (tertiary/aromatic N) is 4. The first-order valence-corrected chi connectivity index (χ1v) is 12.4. The monoisotopic (exact) mass is 492 g/mol. The number of carbonyl (C=O) groups excluding carboxylic acids is 3. The molecule has 0 bridgehead atoms. The summed E-state index contributed by atoms with van der Waals surface area (Å²) in [4.78, 5) is 54.5. The fraction of sp³-hybridized carbons (Fsp3) is 0.444. The van der Waals surface area contributed by atoms with Crippen molar-refractivity contribution >= 4 is 29.0 Å². The van der Waals surface area contributed by atoms with E-state index in [1.165, 1.54) is 13.0 Å². The van der Waals surface area contributed by atoms with Gasteiger partial charge >= 0.3 is 0 Å². The average Bonchev–Trinajstić information content (AvgIpc) is 2.87. The fourth-order valence-corrected chi connectivity index (χ4v) is 5.17. The largest absolute Gasteiger partial charge is 0.362 e. The molecule has 2 aliphatic heterocycles. The summed E-state index contributed by atoms with van der Waals surface area (Å²) in [7, 11) is 0. The second-order valence-corrected chi connectivity index (χ2v) is 9.70. The molecule has 2 aromatic carbocycles. The van der Waals surface area contributed by atoms with Gasteiger partial charge in [0.1, 0.15) is 5.69 Å². The highest BCUT2D eigenvalue weighted by molar-refractivity contribution is 6.00. The molecule has 0 atom stereocenters. The number of benzene rings is 2. The molecule has 9 heteroatoms. The molecule has 36 heavy (non-hydrogen) atoms. The van der Waals surface area contributed by atoms with Crippen molar-refractivity contribution in [2.45, 2.75) is 33.6 Å². The first-order valence-electron chi connectivity index (χ1n) is 12.4. The zero-order chi connectivity index (χ0) is 26.0. The minimum atomic E-state index is -0.460. The summed E-state index contributed by atoms with van der Waals surface area (Å²) < 4.78 is 0. The van der Waals surface area contributed by atoms with Gasteiger partial charge in [0.05, 0.1) is 4.92 Å². The number of piperazine rings is 1. The van der Waals surface area contributed by atoms with Crippen LogP contribution in [-0.2, 0) is 4.79 Å².